The van der Waals surface area contributed by atoms with Gasteiger partial charge < -0.3 is 14.6 Å². The highest BCUT2D eigenvalue weighted by molar-refractivity contribution is 7.89. The molecule has 0 saturated carbocycles. The third-order valence-corrected chi connectivity index (χ3v) is 6.89. The molecule has 0 bridgehead atoms. The summed E-state index contributed by atoms with van der Waals surface area (Å²) in [7, 11) is -3.78. The van der Waals surface area contributed by atoms with Gasteiger partial charge in [-0.3, -0.25) is 4.79 Å². The topological polar surface area (TPSA) is 115 Å². The van der Waals surface area contributed by atoms with Crippen molar-refractivity contribution in [2.45, 2.75) is 43.9 Å². The standard InChI is InChI=1S/C19H25ClN4O5S/c1-19(2,3)18-22-17(29-23-18)7-6-16(25)21-13-4-5-14(20)15(12-13)30(26,27)24-8-10-28-11-9-24/h4-5,12H,6-11H2,1-3H3,(H,21,25). The number of morpholine rings is 1. The molecule has 164 valence electrons. The number of aryl methyl sites for hydroxylation is 1. The molecule has 0 unspecified atom stereocenters. The second-order valence-electron chi connectivity index (χ2n) is 7.97. The highest BCUT2D eigenvalue weighted by Crippen LogP contribution is 2.28. The number of carbonyl (C=O) groups excluding carboxylic acids is 1. The van der Waals surface area contributed by atoms with Gasteiger partial charge >= 0.3 is 0 Å². The van der Waals surface area contributed by atoms with Crippen LogP contribution in [0, 0.1) is 0 Å². The Morgan fingerprint density at radius 3 is 2.60 bits per heavy atom. The average molecular weight is 457 g/mol. The molecular weight excluding hydrogens is 432 g/mol. The molecule has 1 aliphatic heterocycles. The van der Waals surface area contributed by atoms with Crippen LogP contribution in [0.3, 0.4) is 0 Å². The van der Waals surface area contributed by atoms with E-state index >= 15 is 0 Å². The lowest BCUT2D eigenvalue weighted by atomic mass is 9.96. The van der Waals surface area contributed by atoms with Gasteiger partial charge in [0.15, 0.2) is 5.82 Å². The lowest BCUT2D eigenvalue weighted by Gasteiger charge is -2.26. The predicted molar refractivity (Wildman–Crippen MR) is 111 cm³/mol. The normalized spacial score (nSPS) is 15.9. The Morgan fingerprint density at radius 2 is 1.97 bits per heavy atom. The molecule has 1 aliphatic rings. The number of nitrogens with zero attached hydrogens (tertiary/aromatic N) is 3. The summed E-state index contributed by atoms with van der Waals surface area (Å²) in [6, 6.07) is 4.39. The molecule has 11 heteroatoms. The van der Waals surface area contributed by atoms with Crippen LogP contribution in [0.2, 0.25) is 5.02 Å². The summed E-state index contributed by atoms with van der Waals surface area (Å²) < 4.78 is 37.5. The minimum Gasteiger partial charge on any atom is -0.379 e. The monoisotopic (exact) mass is 456 g/mol. The summed E-state index contributed by atoms with van der Waals surface area (Å²) in [5, 5.41) is 6.72. The van der Waals surface area contributed by atoms with Gasteiger partial charge in [-0.25, -0.2) is 8.42 Å². The van der Waals surface area contributed by atoms with Gasteiger partial charge in [-0.1, -0.05) is 37.5 Å². The van der Waals surface area contributed by atoms with Gasteiger partial charge in [0.05, 0.1) is 18.2 Å². The van der Waals surface area contributed by atoms with Gasteiger partial charge in [0.2, 0.25) is 21.8 Å². The van der Waals surface area contributed by atoms with E-state index < -0.39 is 10.0 Å². The van der Waals surface area contributed by atoms with Crippen LogP contribution in [0.25, 0.3) is 0 Å². The van der Waals surface area contributed by atoms with Crippen LogP contribution in [0.1, 0.15) is 38.9 Å². The molecule has 2 aromatic rings. The number of amides is 1. The zero-order valence-corrected chi connectivity index (χ0v) is 18.7. The summed E-state index contributed by atoms with van der Waals surface area (Å²) >= 11 is 6.14. The van der Waals surface area contributed by atoms with E-state index in [1.165, 1.54) is 16.4 Å². The van der Waals surface area contributed by atoms with Crippen LogP contribution in [-0.4, -0.2) is 55.1 Å². The fourth-order valence-electron chi connectivity index (χ4n) is 2.81. The third-order valence-electron chi connectivity index (χ3n) is 4.51. The summed E-state index contributed by atoms with van der Waals surface area (Å²) in [5.41, 5.74) is 0.104. The van der Waals surface area contributed by atoms with Gasteiger partial charge in [-0.05, 0) is 18.2 Å². The van der Waals surface area contributed by atoms with Crippen LogP contribution >= 0.6 is 11.6 Å². The fraction of sp³-hybridized carbons (Fsp3) is 0.526. The maximum Gasteiger partial charge on any atom is 0.244 e. The first-order valence-electron chi connectivity index (χ1n) is 9.58. The minimum atomic E-state index is -3.78. The molecule has 1 saturated heterocycles. The summed E-state index contributed by atoms with van der Waals surface area (Å²) in [6.07, 6.45) is 0.390. The SMILES string of the molecule is CC(C)(C)c1noc(CCC(=O)Nc2ccc(Cl)c(S(=O)(=O)N3CCOCC3)c2)n1. The number of anilines is 1. The Labute approximate surface area is 180 Å². The largest absolute Gasteiger partial charge is 0.379 e. The number of hydrogen-bond donors (Lipinski definition) is 1. The van der Waals surface area contributed by atoms with Crippen LogP contribution in [-0.2, 0) is 31.4 Å². The molecule has 1 aromatic carbocycles. The van der Waals surface area contributed by atoms with Gasteiger partial charge in [0.1, 0.15) is 4.90 Å². The molecule has 9 nitrogen and oxygen atoms in total. The Kier molecular flexibility index (Phi) is 6.81. The van der Waals surface area contributed by atoms with E-state index in [2.05, 4.69) is 15.5 Å². The smallest absolute Gasteiger partial charge is 0.244 e. The molecule has 1 aromatic heterocycles. The number of ether oxygens (including phenoxy) is 1. The van der Waals surface area contributed by atoms with Crippen molar-refractivity contribution in [3.05, 3.63) is 34.9 Å². The Morgan fingerprint density at radius 1 is 1.27 bits per heavy atom. The molecule has 0 spiro atoms. The highest BCUT2D eigenvalue weighted by atomic mass is 35.5. The number of rotatable bonds is 6. The van der Waals surface area contributed by atoms with E-state index in [0.29, 0.717) is 30.6 Å². The Balaban J connectivity index is 1.66. The zero-order valence-electron chi connectivity index (χ0n) is 17.1. The number of carbonyl (C=O) groups is 1. The highest BCUT2D eigenvalue weighted by Gasteiger charge is 2.28. The molecule has 1 fully saturated rings. The lowest BCUT2D eigenvalue weighted by Crippen LogP contribution is -2.40. The van der Waals surface area contributed by atoms with Crippen molar-refractivity contribution >= 4 is 33.2 Å². The first-order chi connectivity index (χ1) is 14.1. The quantitative estimate of drug-likeness (QED) is 0.710. The predicted octanol–water partition coefficient (Wildman–Crippen LogP) is 2.61. The minimum absolute atomic E-state index is 0.0458. The van der Waals surface area contributed by atoms with Crippen molar-refractivity contribution < 1.29 is 22.5 Å². The van der Waals surface area contributed by atoms with Crippen LogP contribution in [0.15, 0.2) is 27.6 Å². The molecule has 0 radical (unpaired) electrons. The first-order valence-corrected chi connectivity index (χ1v) is 11.4. The van der Waals surface area contributed by atoms with Crippen LogP contribution in [0.5, 0.6) is 0 Å². The van der Waals surface area contributed by atoms with Crippen molar-refractivity contribution in [2.75, 3.05) is 31.6 Å². The number of aromatic nitrogens is 2. The van der Waals surface area contributed by atoms with Gasteiger partial charge in [0, 0.05) is 37.0 Å². The molecular formula is C19H25ClN4O5S. The zero-order chi connectivity index (χ0) is 21.9. The van der Waals surface area contributed by atoms with Gasteiger partial charge in [0.25, 0.3) is 0 Å². The molecule has 3 rings (SSSR count). The summed E-state index contributed by atoms with van der Waals surface area (Å²) in [5.74, 6) is 0.651. The van der Waals surface area contributed by atoms with E-state index in [9.17, 15) is 13.2 Å². The number of sulfonamides is 1. The number of halogens is 1. The second kappa shape index (κ2) is 9.01. The van der Waals surface area contributed by atoms with Crippen molar-refractivity contribution in [2.24, 2.45) is 0 Å². The van der Waals surface area contributed by atoms with Crippen molar-refractivity contribution in [1.29, 1.82) is 0 Å². The van der Waals surface area contributed by atoms with E-state index in [4.69, 9.17) is 20.9 Å². The maximum atomic E-state index is 12.9. The number of benzene rings is 1. The Bertz CT molecular complexity index is 1010. The lowest BCUT2D eigenvalue weighted by molar-refractivity contribution is -0.116. The van der Waals surface area contributed by atoms with Crippen molar-refractivity contribution in [3.63, 3.8) is 0 Å². The Hall–Kier alpha value is -2.01. The van der Waals surface area contributed by atoms with E-state index in [1.807, 2.05) is 20.8 Å². The van der Waals surface area contributed by atoms with Crippen molar-refractivity contribution in [3.8, 4) is 0 Å². The third kappa shape index (κ3) is 5.37. The summed E-state index contributed by atoms with van der Waals surface area (Å²) in [4.78, 5) is 16.6. The number of hydrogen-bond acceptors (Lipinski definition) is 7. The van der Waals surface area contributed by atoms with E-state index in [1.54, 1.807) is 6.07 Å². The maximum absolute atomic E-state index is 12.9. The fourth-order valence-corrected chi connectivity index (χ4v) is 4.72. The summed E-state index contributed by atoms with van der Waals surface area (Å²) in [6.45, 7) is 7.10. The molecule has 30 heavy (non-hydrogen) atoms. The van der Waals surface area contributed by atoms with Crippen LogP contribution < -0.4 is 5.32 Å². The van der Waals surface area contributed by atoms with Crippen LogP contribution in [0.4, 0.5) is 5.69 Å². The molecule has 2 heterocycles. The number of nitrogens with one attached hydrogen (secondary N) is 1. The van der Waals surface area contributed by atoms with Gasteiger partial charge in [-0.2, -0.15) is 9.29 Å². The molecule has 1 N–H and O–H groups in total. The second-order valence-corrected chi connectivity index (χ2v) is 10.3. The molecule has 1 amide bonds. The van der Waals surface area contributed by atoms with E-state index in [-0.39, 0.29) is 47.2 Å². The van der Waals surface area contributed by atoms with Gasteiger partial charge in [-0.15, -0.1) is 0 Å². The van der Waals surface area contributed by atoms with E-state index in [0.717, 1.165) is 0 Å². The molecule has 0 aliphatic carbocycles. The average Bonchev–Trinajstić information content (AvgIpc) is 3.18. The first kappa shape index (κ1) is 22.7. The molecule has 0 atom stereocenters. The van der Waals surface area contributed by atoms with Crippen molar-refractivity contribution in [1.82, 2.24) is 14.4 Å².